The minimum atomic E-state index is -0.669. The Labute approximate surface area is 168 Å². The molecule has 3 heterocycles. The summed E-state index contributed by atoms with van der Waals surface area (Å²) in [7, 11) is 1.45. The summed E-state index contributed by atoms with van der Waals surface area (Å²) in [6.07, 6.45) is 3.72. The second-order valence-corrected chi connectivity index (χ2v) is 7.01. The molecule has 0 atom stereocenters. The van der Waals surface area contributed by atoms with E-state index in [1.165, 1.54) is 31.3 Å². The SMILES string of the molecule is CNC(=O)c1ccc(C(=O)Nc2cc3c(/C=C/c4cccs4)n[nH]c3cc2F)o1. The monoisotopic (exact) mass is 410 g/mol. The second-order valence-electron chi connectivity index (χ2n) is 6.03. The molecule has 0 unspecified atom stereocenters. The predicted molar refractivity (Wildman–Crippen MR) is 109 cm³/mol. The first-order chi connectivity index (χ1) is 14.0. The number of aromatic amines is 1. The van der Waals surface area contributed by atoms with E-state index in [9.17, 15) is 14.0 Å². The molecule has 4 rings (SSSR count). The number of H-pyrrole nitrogens is 1. The van der Waals surface area contributed by atoms with Crippen molar-refractivity contribution in [2.24, 2.45) is 0 Å². The molecule has 29 heavy (non-hydrogen) atoms. The van der Waals surface area contributed by atoms with Crippen molar-refractivity contribution >= 4 is 51.9 Å². The summed E-state index contributed by atoms with van der Waals surface area (Å²) in [5.41, 5.74) is 1.10. The highest BCUT2D eigenvalue weighted by Gasteiger charge is 2.17. The van der Waals surface area contributed by atoms with E-state index in [-0.39, 0.29) is 17.2 Å². The third-order valence-electron chi connectivity index (χ3n) is 4.16. The zero-order chi connectivity index (χ0) is 20.4. The Morgan fingerprint density at radius 1 is 1.17 bits per heavy atom. The summed E-state index contributed by atoms with van der Waals surface area (Å²) in [5, 5.41) is 14.5. The van der Waals surface area contributed by atoms with E-state index < -0.39 is 17.6 Å². The third kappa shape index (κ3) is 3.81. The van der Waals surface area contributed by atoms with Gasteiger partial charge in [0.2, 0.25) is 0 Å². The van der Waals surface area contributed by atoms with E-state index in [1.807, 2.05) is 29.7 Å². The Hall–Kier alpha value is -3.72. The molecule has 0 aliphatic heterocycles. The molecular formula is C20H15FN4O3S. The highest BCUT2D eigenvalue weighted by Crippen LogP contribution is 2.26. The molecule has 2 amide bonds. The first-order valence-corrected chi connectivity index (χ1v) is 9.45. The Balaban J connectivity index is 1.60. The van der Waals surface area contributed by atoms with Crippen LogP contribution in [0.5, 0.6) is 0 Å². The summed E-state index contributed by atoms with van der Waals surface area (Å²) >= 11 is 1.59. The minimum Gasteiger partial charge on any atom is -0.446 e. The van der Waals surface area contributed by atoms with Crippen molar-refractivity contribution < 1.29 is 18.4 Å². The summed E-state index contributed by atoms with van der Waals surface area (Å²) in [6, 6.07) is 9.40. The van der Waals surface area contributed by atoms with E-state index in [1.54, 1.807) is 11.3 Å². The van der Waals surface area contributed by atoms with Gasteiger partial charge in [-0.1, -0.05) is 6.07 Å². The van der Waals surface area contributed by atoms with E-state index in [4.69, 9.17) is 4.42 Å². The van der Waals surface area contributed by atoms with Crippen molar-refractivity contribution in [3.63, 3.8) is 0 Å². The van der Waals surface area contributed by atoms with Crippen molar-refractivity contribution in [1.29, 1.82) is 0 Å². The first-order valence-electron chi connectivity index (χ1n) is 8.57. The summed E-state index contributed by atoms with van der Waals surface area (Å²) < 4.78 is 19.6. The highest BCUT2D eigenvalue weighted by atomic mass is 32.1. The van der Waals surface area contributed by atoms with Gasteiger partial charge in [-0.3, -0.25) is 14.7 Å². The molecular weight excluding hydrogens is 395 g/mol. The largest absolute Gasteiger partial charge is 0.446 e. The van der Waals surface area contributed by atoms with Crippen LogP contribution in [0.1, 0.15) is 31.7 Å². The van der Waals surface area contributed by atoms with Crippen LogP contribution in [0.15, 0.2) is 46.2 Å². The number of amides is 2. The number of carbonyl (C=O) groups is 2. The molecule has 4 aromatic rings. The molecule has 9 heteroatoms. The van der Waals surface area contributed by atoms with Crippen LogP contribution in [0.2, 0.25) is 0 Å². The lowest BCUT2D eigenvalue weighted by Gasteiger charge is -2.05. The molecule has 0 fully saturated rings. The fraction of sp³-hybridized carbons (Fsp3) is 0.0500. The zero-order valence-corrected chi connectivity index (χ0v) is 16.0. The number of benzene rings is 1. The van der Waals surface area contributed by atoms with Crippen LogP contribution in [0, 0.1) is 5.82 Å². The average Bonchev–Trinajstić information content (AvgIpc) is 3.47. The van der Waals surface area contributed by atoms with Gasteiger partial charge < -0.3 is 15.1 Å². The van der Waals surface area contributed by atoms with Crippen molar-refractivity contribution in [2.75, 3.05) is 12.4 Å². The second kappa shape index (κ2) is 7.72. The van der Waals surface area contributed by atoms with E-state index in [0.29, 0.717) is 16.6 Å². The van der Waals surface area contributed by atoms with Gasteiger partial charge in [-0.05, 0) is 41.8 Å². The first kappa shape index (κ1) is 18.6. The van der Waals surface area contributed by atoms with Crippen molar-refractivity contribution in [3.8, 4) is 0 Å². The molecule has 3 N–H and O–H groups in total. The van der Waals surface area contributed by atoms with Crippen LogP contribution in [-0.2, 0) is 0 Å². The molecule has 0 aliphatic carbocycles. The lowest BCUT2D eigenvalue weighted by molar-refractivity contribution is 0.0927. The molecule has 7 nitrogen and oxygen atoms in total. The Morgan fingerprint density at radius 2 is 1.97 bits per heavy atom. The van der Waals surface area contributed by atoms with Crippen LogP contribution >= 0.6 is 11.3 Å². The van der Waals surface area contributed by atoms with E-state index >= 15 is 0 Å². The van der Waals surface area contributed by atoms with Gasteiger partial charge in [0.15, 0.2) is 11.5 Å². The molecule has 0 spiro atoms. The number of rotatable bonds is 5. The molecule has 0 saturated heterocycles. The fourth-order valence-corrected chi connectivity index (χ4v) is 3.34. The van der Waals surface area contributed by atoms with Gasteiger partial charge >= 0.3 is 0 Å². The number of carbonyl (C=O) groups excluding carboxylic acids is 2. The average molecular weight is 410 g/mol. The molecule has 146 valence electrons. The lowest BCUT2D eigenvalue weighted by Crippen LogP contribution is -2.17. The Morgan fingerprint density at radius 3 is 2.69 bits per heavy atom. The predicted octanol–water partition coefficient (Wildman–Crippen LogP) is 4.14. The minimum absolute atomic E-state index is 0.00981. The van der Waals surface area contributed by atoms with Crippen molar-refractivity contribution in [3.05, 3.63) is 69.7 Å². The standard InChI is InChI=1S/C20H15FN4O3S/c1-22-19(26)17-6-7-18(28-17)20(27)23-16-9-12-14(5-4-11-3-2-8-29-11)24-25-15(12)10-13(16)21/h2-10H,1H3,(H,22,26)(H,23,27)(H,24,25)/b5-4+. The van der Waals surface area contributed by atoms with Crippen molar-refractivity contribution in [2.45, 2.75) is 0 Å². The number of fused-ring (bicyclic) bond motifs is 1. The van der Waals surface area contributed by atoms with Gasteiger partial charge in [-0.25, -0.2) is 4.39 Å². The highest BCUT2D eigenvalue weighted by molar-refractivity contribution is 7.10. The smallest absolute Gasteiger partial charge is 0.291 e. The van der Waals surface area contributed by atoms with Crippen LogP contribution in [0.3, 0.4) is 0 Å². The van der Waals surface area contributed by atoms with Gasteiger partial charge in [0.1, 0.15) is 5.82 Å². The third-order valence-corrected chi connectivity index (χ3v) is 5.00. The molecule has 0 radical (unpaired) electrons. The number of aromatic nitrogens is 2. The number of furan rings is 1. The van der Waals surface area contributed by atoms with Crippen LogP contribution < -0.4 is 10.6 Å². The zero-order valence-electron chi connectivity index (χ0n) is 15.2. The lowest BCUT2D eigenvalue weighted by atomic mass is 10.1. The summed E-state index contributed by atoms with van der Waals surface area (Å²) in [6.45, 7) is 0. The van der Waals surface area contributed by atoms with Crippen LogP contribution in [0.4, 0.5) is 10.1 Å². The quantitative estimate of drug-likeness (QED) is 0.460. The number of hydrogen-bond donors (Lipinski definition) is 3. The number of anilines is 1. The summed E-state index contributed by atoms with van der Waals surface area (Å²) in [5.74, 6) is -1.87. The van der Waals surface area contributed by atoms with Crippen molar-refractivity contribution in [1.82, 2.24) is 15.5 Å². The Bertz CT molecular complexity index is 1220. The Kier molecular flexibility index (Phi) is 4.96. The maximum Gasteiger partial charge on any atom is 0.291 e. The molecule has 0 saturated carbocycles. The number of hydrogen-bond acceptors (Lipinski definition) is 5. The van der Waals surface area contributed by atoms with Gasteiger partial charge in [-0.2, -0.15) is 5.10 Å². The molecule has 0 aliphatic rings. The van der Waals surface area contributed by atoms with E-state index in [0.717, 1.165) is 4.88 Å². The number of halogens is 1. The number of nitrogens with zero attached hydrogens (tertiary/aromatic N) is 1. The topological polar surface area (TPSA) is 100 Å². The summed E-state index contributed by atoms with van der Waals surface area (Å²) in [4.78, 5) is 25.0. The molecule has 1 aromatic carbocycles. The van der Waals surface area contributed by atoms with Gasteiger partial charge in [0.25, 0.3) is 11.8 Å². The number of thiophene rings is 1. The van der Waals surface area contributed by atoms with Crippen LogP contribution in [-0.4, -0.2) is 29.1 Å². The fourth-order valence-electron chi connectivity index (χ4n) is 2.72. The van der Waals surface area contributed by atoms with Gasteiger partial charge in [0, 0.05) is 23.4 Å². The normalized spacial score (nSPS) is 11.2. The maximum absolute atomic E-state index is 14.4. The number of nitrogens with one attached hydrogen (secondary N) is 3. The van der Waals surface area contributed by atoms with E-state index in [2.05, 4.69) is 20.8 Å². The van der Waals surface area contributed by atoms with Gasteiger partial charge in [0.05, 0.1) is 16.9 Å². The van der Waals surface area contributed by atoms with Crippen LogP contribution in [0.25, 0.3) is 23.1 Å². The maximum atomic E-state index is 14.4. The molecule has 0 bridgehead atoms. The molecule has 3 aromatic heterocycles. The van der Waals surface area contributed by atoms with Gasteiger partial charge in [-0.15, -0.1) is 11.3 Å².